The molecule has 0 saturated carbocycles. The maximum atomic E-state index is 13.5. The Hall–Kier alpha value is -4.26. The van der Waals surface area contributed by atoms with Crippen LogP contribution < -0.4 is 14.2 Å². The van der Waals surface area contributed by atoms with Crippen molar-refractivity contribution in [1.29, 1.82) is 0 Å². The van der Waals surface area contributed by atoms with E-state index < -0.39 is 11.7 Å². The molecule has 1 amide bonds. The summed E-state index contributed by atoms with van der Waals surface area (Å²) in [6.45, 7) is 0.605. The monoisotopic (exact) mass is 458 g/mol. The standard InChI is InChI=1S/C27H26N2O5/c1-32-21-14-22(33-2)26(34-3)24-23(21)20(15-28-24)25(30)27(31)29(16-18-10-6-4-7-11-18)17-19-12-8-5-9-13-19/h4-15,28H,16-17H2,1-3H3. The summed E-state index contributed by atoms with van der Waals surface area (Å²) in [5.41, 5.74) is 2.60. The molecule has 34 heavy (non-hydrogen) atoms. The Morgan fingerprint density at radius 2 is 1.35 bits per heavy atom. The molecule has 0 aliphatic heterocycles. The van der Waals surface area contributed by atoms with Crippen LogP contribution in [0.3, 0.4) is 0 Å². The van der Waals surface area contributed by atoms with Gasteiger partial charge in [-0.2, -0.15) is 0 Å². The largest absolute Gasteiger partial charge is 0.496 e. The second-order valence-corrected chi connectivity index (χ2v) is 7.73. The van der Waals surface area contributed by atoms with Gasteiger partial charge < -0.3 is 24.1 Å². The highest BCUT2D eigenvalue weighted by molar-refractivity contribution is 6.45. The molecule has 0 fully saturated rings. The van der Waals surface area contributed by atoms with Gasteiger partial charge in [-0.3, -0.25) is 9.59 Å². The highest BCUT2D eigenvalue weighted by atomic mass is 16.5. The molecule has 0 bridgehead atoms. The number of nitrogens with zero attached hydrogens (tertiary/aromatic N) is 1. The van der Waals surface area contributed by atoms with Crippen molar-refractivity contribution in [2.75, 3.05) is 21.3 Å². The zero-order chi connectivity index (χ0) is 24.1. The molecular weight excluding hydrogens is 432 g/mol. The Morgan fingerprint density at radius 1 is 0.794 bits per heavy atom. The number of ketones is 1. The first-order chi connectivity index (χ1) is 16.6. The quantitative estimate of drug-likeness (QED) is 0.293. The molecule has 0 unspecified atom stereocenters. The van der Waals surface area contributed by atoms with E-state index in [1.165, 1.54) is 27.5 Å². The molecule has 3 aromatic carbocycles. The SMILES string of the molecule is COc1cc(OC)c2c(C(=O)C(=O)N(Cc3ccccc3)Cc3ccccc3)c[nH]c2c1OC. The molecular formula is C27H26N2O5. The third-order valence-corrected chi connectivity index (χ3v) is 5.64. The number of amides is 1. The van der Waals surface area contributed by atoms with E-state index in [4.69, 9.17) is 14.2 Å². The molecule has 7 heteroatoms. The summed E-state index contributed by atoms with van der Waals surface area (Å²) < 4.78 is 16.4. The summed E-state index contributed by atoms with van der Waals surface area (Å²) in [5, 5.41) is 0.470. The number of fused-ring (bicyclic) bond motifs is 1. The van der Waals surface area contributed by atoms with E-state index >= 15 is 0 Å². The normalized spacial score (nSPS) is 10.7. The Bertz CT molecular complexity index is 1260. The van der Waals surface area contributed by atoms with E-state index in [1.807, 2.05) is 60.7 Å². The van der Waals surface area contributed by atoms with Crippen molar-refractivity contribution in [3.05, 3.63) is 89.6 Å². The number of H-pyrrole nitrogens is 1. The molecule has 1 heterocycles. The predicted octanol–water partition coefficient (Wildman–Crippen LogP) is 4.61. The van der Waals surface area contributed by atoms with Crippen LogP contribution in [0, 0.1) is 0 Å². The number of ether oxygens (including phenoxy) is 3. The van der Waals surface area contributed by atoms with Gasteiger partial charge in [0.05, 0.1) is 37.8 Å². The van der Waals surface area contributed by atoms with Gasteiger partial charge in [-0.1, -0.05) is 60.7 Å². The van der Waals surface area contributed by atoms with Gasteiger partial charge >= 0.3 is 0 Å². The van der Waals surface area contributed by atoms with Crippen LogP contribution in [0.1, 0.15) is 21.5 Å². The fourth-order valence-electron chi connectivity index (χ4n) is 4.00. The van der Waals surface area contributed by atoms with Crippen LogP contribution in [0.15, 0.2) is 72.9 Å². The van der Waals surface area contributed by atoms with Crippen LogP contribution in [0.5, 0.6) is 17.2 Å². The van der Waals surface area contributed by atoms with Crippen molar-refractivity contribution in [2.45, 2.75) is 13.1 Å². The van der Waals surface area contributed by atoms with Crippen LogP contribution in [0.2, 0.25) is 0 Å². The highest BCUT2D eigenvalue weighted by Crippen LogP contribution is 2.42. The molecule has 0 aliphatic rings. The predicted molar refractivity (Wildman–Crippen MR) is 129 cm³/mol. The summed E-state index contributed by atoms with van der Waals surface area (Å²) >= 11 is 0. The smallest absolute Gasteiger partial charge is 0.295 e. The van der Waals surface area contributed by atoms with Gasteiger partial charge in [0, 0.05) is 25.4 Å². The summed E-state index contributed by atoms with van der Waals surface area (Å²) in [6.07, 6.45) is 1.51. The van der Waals surface area contributed by atoms with Crippen molar-refractivity contribution >= 4 is 22.6 Å². The Morgan fingerprint density at radius 3 is 1.85 bits per heavy atom. The number of aromatic amines is 1. The van der Waals surface area contributed by atoms with Crippen LogP contribution >= 0.6 is 0 Å². The number of Topliss-reactive ketones (excluding diaryl/α,β-unsaturated/α-hetero) is 1. The molecule has 174 valence electrons. The number of nitrogens with one attached hydrogen (secondary N) is 1. The fourth-order valence-corrected chi connectivity index (χ4v) is 4.00. The van der Waals surface area contributed by atoms with Gasteiger partial charge in [0.15, 0.2) is 11.5 Å². The number of carbonyl (C=O) groups is 2. The van der Waals surface area contributed by atoms with Crippen molar-refractivity contribution in [3.63, 3.8) is 0 Å². The van der Waals surface area contributed by atoms with Gasteiger partial charge in [-0.25, -0.2) is 0 Å². The first-order valence-electron chi connectivity index (χ1n) is 10.8. The van der Waals surface area contributed by atoms with E-state index in [0.717, 1.165) is 11.1 Å². The van der Waals surface area contributed by atoms with E-state index in [2.05, 4.69) is 4.98 Å². The van der Waals surface area contributed by atoms with Crippen molar-refractivity contribution in [1.82, 2.24) is 9.88 Å². The molecule has 0 spiro atoms. The third-order valence-electron chi connectivity index (χ3n) is 5.64. The van der Waals surface area contributed by atoms with Crippen LogP contribution in [-0.4, -0.2) is 42.9 Å². The lowest BCUT2D eigenvalue weighted by Crippen LogP contribution is -2.35. The maximum absolute atomic E-state index is 13.5. The number of aromatic nitrogens is 1. The highest BCUT2D eigenvalue weighted by Gasteiger charge is 2.29. The van der Waals surface area contributed by atoms with E-state index in [9.17, 15) is 9.59 Å². The van der Waals surface area contributed by atoms with Crippen LogP contribution in [-0.2, 0) is 17.9 Å². The van der Waals surface area contributed by atoms with E-state index in [-0.39, 0.29) is 5.56 Å². The molecule has 0 saturated heterocycles. The molecule has 0 aliphatic carbocycles. The lowest BCUT2D eigenvalue weighted by Gasteiger charge is -2.22. The van der Waals surface area contributed by atoms with Gasteiger partial charge in [0.2, 0.25) is 0 Å². The minimum atomic E-state index is -0.636. The Kier molecular flexibility index (Phi) is 6.82. The first kappa shape index (κ1) is 22.9. The number of methoxy groups -OCH3 is 3. The molecule has 0 radical (unpaired) electrons. The van der Waals surface area contributed by atoms with Gasteiger partial charge in [-0.15, -0.1) is 0 Å². The van der Waals surface area contributed by atoms with Gasteiger partial charge in [0.1, 0.15) is 5.75 Å². The van der Waals surface area contributed by atoms with E-state index in [1.54, 1.807) is 11.0 Å². The van der Waals surface area contributed by atoms with Crippen molar-refractivity contribution < 1.29 is 23.8 Å². The number of rotatable bonds is 9. The van der Waals surface area contributed by atoms with Crippen LogP contribution in [0.4, 0.5) is 0 Å². The average molecular weight is 459 g/mol. The molecule has 4 rings (SSSR count). The number of hydrogen-bond acceptors (Lipinski definition) is 5. The third kappa shape index (κ3) is 4.45. The average Bonchev–Trinajstić information content (AvgIpc) is 3.32. The molecule has 1 N–H and O–H groups in total. The molecule has 7 nitrogen and oxygen atoms in total. The molecule has 4 aromatic rings. The topological polar surface area (TPSA) is 80.9 Å². The summed E-state index contributed by atoms with van der Waals surface area (Å²) in [6, 6.07) is 20.8. The Balaban J connectivity index is 1.74. The second kappa shape index (κ2) is 10.1. The van der Waals surface area contributed by atoms with Crippen molar-refractivity contribution in [2.24, 2.45) is 0 Å². The van der Waals surface area contributed by atoms with Gasteiger partial charge in [-0.05, 0) is 11.1 Å². The number of benzene rings is 3. The molecule has 0 atom stereocenters. The van der Waals surface area contributed by atoms with Gasteiger partial charge in [0.25, 0.3) is 11.7 Å². The maximum Gasteiger partial charge on any atom is 0.295 e. The second-order valence-electron chi connectivity index (χ2n) is 7.73. The lowest BCUT2D eigenvalue weighted by molar-refractivity contribution is -0.127. The zero-order valence-corrected chi connectivity index (χ0v) is 19.3. The van der Waals surface area contributed by atoms with Crippen LogP contribution in [0.25, 0.3) is 10.9 Å². The minimum Gasteiger partial charge on any atom is -0.496 e. The van der Waals surface area contributed by atoms with E-state index in [0.29, 0.717) is 41.2 Å². The van der Waals surface area contributed by atoms with Crippen molar-refractivity contribution in [3.8, 4) is 17.2 Å². The summed E-state index contributed by atoms with van der Waals surface area (Å²) in [4.78, 5) is 31.7. The summed E-state index contributed by atoms with van der Waals surface area (Å²) in [5.74, 6) is 0.0424. The minimum absolute atomic E-state index is 0.212. The number of hydrogen-bond donors (Lipinski definition) is 1. The number of carbonyl (C=O) groups excluding carboxylic acids is 2. The summed E-state index contributed by atoms with van der Waals surface area (Å²) in [7, 11) is 4.53. The Labute approximate surface area is 197 Å². The zero-order valence-electron chi connectivity index (χ0n) is 19.3. The lowest BCUT2D eigenvalue weighted by atomic mass is 10.1. The first-order valence-corrected chi connectivity index (χ1v) is 10.8. The molecule has 1 aromatic heterocycles. The fraction of sp³-hybridized carbons (Fsp3) is 0.185.